The summed E-state index contributed by atoms with van der Waals surface area (Å²) in [5.41, 5.74) is 2.84. The molecule has 0 radical (unpaired) electrons. The van der Waals surface area contributed by atoms with Crippen molar-refractivity contribution in [1.82, 2.24) is 5.43 Å². The molecule has 0 bridgehead atoms. The van der Waals surface area contributed by atoms with Crippen LogP contribution in [0.15, 0.2) is 34.0 Å². The van der Waals surface area contributed by atoms with Gasteiger partial charge in [0.15, 0.2) is 0 Å². The van der Waals surface area contributed by atoms with Crippen LogP contribution < -0.4 is 5.43 Å². The van der Waals surface area contributed by atoms with Crippen LogP contribution in [0.2, 0.25) is 0 Å². The van der Waals surface area contributed by atoms with Gasteiger partial charge in [0.1, 0.15) is 5.76 Å². The minimum Gasteiger partial charge on any atom is -0.465 e. The van der Waals surface area contributed by atoms with E-state index in [-0.39, 0.29) is 0 Å². The summed E-state index contributed by atoms with van der Waals surface area (Å²) in [5.74, 6) is 0.725. The third kappa shape index (κ3) is 4.12. The highest BCUT2D eigenvalue weighted by Gasteiger charge is 1.94. The number of nitrogens with zero attached hydrogens (tertiary/aromatic N) is 1. The van der Waals surface area contributed by atoms with E-state index < -0.39 is 6.09 Å². The van der Waals surface area contributed by atoms with E-state index in [0.717, 1.165) is 5.76 Å². The van der Waals surface area contributed by atoms with Crippen LogP contribution in [0.4, 0.5) is 4.79 Å². The van der Waals surface area contributed by atoms with E-state index in [1.807, 2.05) is 6.07 Å². The van der Waals surface area contributed by atoms with E-state index in [2.05, 4.69) is 15.3 Å². The third-order valence-electron chi connectivity index (χ3n) is 1.54. The Balaban J connectivity index is 2.48. The number of ether oxygens (including phenoxy) is 1. The number of carbonyl (C=O) groups excluding carboxylic acids is 1. The van der Waals surface area contributed by atoms with Gasteiger partial charge in [-0.1, -0.05) is 0 Å². The largest absolute Gasteiger partial charge is 0.465 e. The maximum Gasteiger partial charge on any atom is 0.427 e. The van der Waals surface area contributed by atoms with Crippen LogP contribution in [0, 0.1) is 0 Å². The molecule has 80 valence electrons. The zero-order chi connectivity index (χ0) is 11.1. The third-order valence-corrected chi connectivity index (χ3v) is 1.54. The van der Waals surface area contributed by atoms with Gasteiger partial charge in [0.25, 0.3) is 0 Å². The van der Waals surface area contributed by atoms with E-state index in [9.17, 15) is 4.79 Å². The molecule has 0 spiro atoms. The lowest BCUT2D eigenvalue weighted by Gasteiger charge is -1.96. The lowest BCUT2D eigenvalue weighted by molar-refractivity contribution is 0.171. The number of allylic oxidation sites excluding steroid dienone is 1. The van der Waals surface area contributed by atoms with Crippen molar-refractivity contribution >= 4 is 17.9 Å². The first-order valence-electron chi connectivity index (χ1n) is 4.32. The molecule has 5 heteroatoms. The Kier molecular flexibility index (Phi) is 4.15. The van der Waals surface area contributed by atoms with Gasteiger partial charge in [0.2, 0.25) is 0 Å². The van der Waals surface area contributed by atoms with Crippen molar-refractivity contribution in [3.8, 4) is 0 Å². The van der Waals surface area contributed by atoms with Crippen molar-refractivity contribution in [2.75, 3.05) is 7.11 Å². The number of hydrogen-bond acceptors (Lipinski definition) is 4. The highest BCUT2D eigenvalue weighted by molar-refractivity contribution is 5.96. The summed E-state index contributed by atoms with van der Waals surface area (Å²) >= 11 is 0. The number of nitrogens with one attached hydrogen (secondary N) is 1. The van der Waals surface area contributed by atoms with Crippen LogP contribution >= 0.6 is 0 Å². The van der Waals surface area contributed by atoms with Crippen molar-refractivity contribution < 1.29 is 13.9 Å². The quantitative estimate of drug-likeness (QED) is 0.610. The predicted octanol–water partition coefficient (Wildman–Crippen LogP) is 2.02. The second-order valence-electron chi connectivity index (χ2n) is 2.71. The number of carbonyl (C=O) groups is 1. The normalized spacial score (nSPS) is 11.7. The van der Waals surface area contributed by atoms with Crippen LogP contribution in [0.25, 0.3) is 6.08 Å². The van der Waals surface area contributed by atoms with Gasteiger partial charge in [-0.3, -0.25) is 0 Å². The zero-order valence-corrected chi connectivity index (χ0v) is 8.56. The Morgan fingerprint density at radius 3 is 3.07 bits per heavy atom. The molecule has 0 aliphatic carbocycles. The number of hydrogen-bond donors (Lipinski definition) is 1. The number of amides is 1. The Labute approximate surface area is 87.4 Å². The van der Waals surface area contributed by atoms with Crippen molar-refractivity contribution in [2.24, 2.45) is 5.10 Å². The SMILES string of the molecule is COC(=O)NN=C(C)/C=C/c1ccco1. The lowest BCUT2D eigenvalue weighted by Crippen LogP contribution is -2.17. The summed E-state index contributed by atoms with van der Waals surface area (Å²) in [7, 11) is 1.28. The fraction of sp³-hybridized carbons (Fsp3) is 0.200. The van der Waals surface area contributed by atoms with Crippen LogP contribution in [0.5, 0.6) is 0 Å². The molecule has 0 atom stereocenters. The highest BCUT2D eigenvalue weighted by Crippen LogP contribution is 2.02. The molecular weight excluding hydrogens is 196 g/mol. The van der Waals surface area contributed by atoms with Crippen LogP contribution in [-0.2, 0) is 4.74 Å². The first kappa shape index (κ1) is 11.0. The van der Waals surface area contributed by atoms with Crippen LogP contribution in [0.3, 0.4) is 0 Å². The topological polar surface area (TPSA) is 63.8 Å². The fourth-order valence-corrected chi connectivity index (χ4v) is 0.806. The average molecular weight is 208 g/mol. The van der Waals surface area contributed by atoms with Crippen molar-refractivity contribution in [2.45, 2.75) is 6.92 Å². The van der Waals surface area contributed by atoms with Gasteiger partial charge in [-0.2, -0.15) is 5.10 Å². The Morgan fingerprint density at radius 1 is 1.67 bits per heavy atom. The molecule has 0 fully saturated rings. The number of furan rings is 1. The van der Waals surface area contributed by atoms with E-state index in [0.29, 0.717) is 5.71 Å². The zero-order valence-electron chi connectivity index (χ0n) is 8.56. The predicted molar refractivity (Wildman–Crippen MR) is 56.4 cm³/mol. The molecule has 0 aliphatic heterocycles. The van der Waals surface area contributed by atoms with Gasteiger partial charge in [-0.25, -0.2) is 10.2 Å². The van der Waals surface area contributed by atoms with Crippen LogP contribution in [0.1, 0.15) is 12.7 Å². The van der Waals surface area contributed by atoms with Gasteiger partial charge in [-0.15, -0.1) is 0 Å². The monoisotopic (exact) mass is 208 g/mol. The average Bonchev–Trinajstić information content (AvgIpc) is 2.75. The molecule has 0 saturated heterocycles. The van der Waals surface area contributed by atoms with Gasteiger partial charge >= 0.3 is 6.09 Å². The molecule has 0 unspecified atom stereocenters. The summed E-state index contributed by atoms with van der Waals surface area (Å²) < 4.78 is 9.43. The highest BCUT2D eigenvalue weighted by atomic mass is 16.5. The summed E-state index contributed by atoms with van der Waals surface area (Å²) in [4.78, 5) is 10.7. The molecule has 15 heavy (non-hydrogen) atoms. The van der Waals surface area contributed by atoms with E-state index in [1.54, 1.807) is 31.4 Å². The molecule has 1 aromatic rings. The Hall–Kier alpha value is -2.04. The molecule has 0 saturated carbocycles. The molecule has 1 aromatic heterocycles. The lowest BCUT2D eigenvalue weighted by atomic mass is 10.3. The smallest absolute Gasteiger partial charge is 0.427 e. The molecule has 5 nitrogen and oxygen atoms in total. The number of rotatable bonds is 3. The van der Waals surface area contributed by atoms with Gasteiger partial charge in [-0.05, 0) is 31.2 Å². The van der Waals surface area contributed by atoms with Gasteiger partial charge in [0, 0.05) is 0 Å². The molecule has 1 amide bonds. The fourth-order valence-electron chi connectivity index (χ4n) is 0.806. The second kappa shape index (κ2) is 5.64. The summed E-state index contributed by atoms with van der Waals surface area (Å²) in [6.45, 7) is 1.75. The minimum atomic E-state index is -0.597. The summed E-state index contributed by atoms with van der Waals surface area (Å²) in [6, 6.07) is 3.61. The second-order valence-corrected chi connectivity index (χ2v) is 2.71. The maximum absolute atomic E-state index is 10.7. The first-order valence-corrected chi connectivity index (χ1v) is 4.32. The molecule has 0 aromatic carbocycles. The molecule has 1 rings (SSSR count). The van der Waals surface area contributed by atoms with E-state index in [1.165, 1.54) is 7.11 Å². The Bertz CT molecular complexity index is 366. The number of hydrazone groups is 1. The van der Waals surface area contributed by atoms with Crippen molar-refractivity contribution in [3.05, 3.63) is 30.2 Å². The molecule has 1 N–H and O–H groups in total. The molecule has 0 aliphatic rings. The first-order chi connectivity index (χ1) is 7.22. The van der Waals surface area contributed by atoms with Gasteiger partial charge < -0.3 is 9.15 Å². The molecular formula is C10H12N2O3. The number of methoxy groups -OCH3 is 1. The summed E-state index contributed by atoms with van der Waals surface area (Å²) in [5, 5.41) is 3.76. The van der Waals surface area contributed by atoms with E-state index in [4.69, 9.17) is 4.42 Å². The van der Waals surface area contributed by atoms with Crippen LogP contribution in [-0.4, -0.2) is 18.9 Å². The van der Waals surface area contributed by atoms with Gasteiger partial charge in [0.05, 0.1) is 19.1 Å². The maximum atomic E-state index is 10.7. The summed E-state index contributed by atoms with van der Waals surface area (Å²) in [6.07, 6.45) is 4.45. The Morgan fingerprint density at radius 2 is 2.47 bits per heavy atom. The van der Waals surface area contributed by atoms with Crippen molar-refractivity contribution in [1.29, 1.82) is 0 Å². The van der Waals surface area contributed by atoms with E-state index >= 15 is 0 Å². The standard InChI is InChI=1S/C10H12N2O3/c1-8(11-12-10(13)14-2)5-6-9-4-3-7-15-9/h3-7H,1-2H3,(H,12,13)/b6-5+,11-8?. The minimum absolute atomic E-state index is 0.597. The van der Waals surface area contributed by atoms with Crippen molar-refractivity contribution in [3.63, 3.8) is 0 Å². The molecule has 1 heterocycles.